The summed E-state index contributed by atoms with van der Waals surface area (Å²) in [6, 6.07) is 11.8. The van der Waals surface area contributed by atoms with Crippen LogP contribution in [0.4, 0.5) is 0 Å². The third-order valence-corrected chi connectivity index (χ3v) is 8.88. The molecule has 4 aromatic rings. The van der Waals surface area contributed by atoms with E-state index in [0.29, 0.717) is 62.1 Å². The van der Waals surface area contributed by atoms with E-state index >= 15 is 0 Å². The summed E-state index contributed by atoms with van der Waals surface area (Å²) in [5, 5.41) is 23.6. The number of methoxy groups -OCH3 is 7. The number of fused-ring (bicyclic) bond motifs is 3. The third-order valence-electron chi connectivity index (χ3n) is 8.88. The minimum absolute atomic E-state index is 0.0211. The van der Waals surface area contributed by atoms with Gasteiger partial charge in [-0.15, -0.1) is 0 Å². The fourth-order valence-corrected chi connectivity index (χ4v) is 6.54. The van der Waals surface area contributed by atoms with Crippen molar-refractivity contribution in [2.24, 2.45) is 0 Å². The predicted octanol–water partition coefficient (Wildman–Crippen LogP) is 4.33. The smallest absolute Gasteiger partial charge is 0.232 e. The second-order valence-electron chi connectivity index (χ2n) is 11.4. The molecule has 4 atom stereocenters. The van der Waals surface area contributed by atoms with Gasteiger partial charge in [-0.25, -0.2) is 0 Å². The van der Waals surface area contributed by atoms with E-state index in [1.54, 1.807) is 36.4 Å². The largest absolute Gasteiger partial charge is 0.496 e. The van der Waals surface area contributed by atoms with Crippen LogP contribution in [0.2, 0.25) is 0 Å². The summed E-state index contributed by atoms with van der Waals surface area (Å²) in [5.74, 6) is 3.36. The highest BCUT2D eigenvalue weighted by molar-refractivity contribution is 5.94. The topological polar surface area (TPSA) is 141 Å². The molecule has 12 heteroatoms. The number of rotatable bonds is 9. The first-order valence-corrected chi connectivity index (χ1v) is 15.2. The van der Waals surface area contributed by atoms with E-state index in [-0.39, 0.29) is 35.5 Å². The lowest BCUT2D eigenvalue weighted by atomic mass is 9.90. The van der Waals surface area contributed by atoms with Crippen molar-refractivity contribution in [3.63, 3.8) is 0 Å². The maximum atomic E-state index is 14.2. The Morgan fingerprint density at radius 2 is 1.10 bits per heavy atom. The molecular formula is C36H38O12. The molecule has 2 N–H and O–H groups in total. The molecule has 2 aliphatic heterocycles. The predicted molar refractivity (Wildman–Crippen MR) is 175 cm³/mol. The summed E-state index contributed by atoms with van der Waals surface area (Å²) < 4.78 is 52.0. The molecule has 0 radical (unpaired) electrons. The molecule has 0 bridgehead atoms. The Hall–Kier alpha value is -5.07. The van der Waals surface area contributed by atoms with Gasteiger partial charge in [-0.2, -0.15) is 0 Å². The summed E-state index contributed by atoms with van der Waals surface area (Å²) >= 11 is 0. The molecule has 0 aromatic heterocycles. The molecule has 48 heavy (non-hydrogen) atoms. The first-order valence-electron chi connectivity index (χ1n) is 15.2. The molecule has 6 rings (SSSR count). The Morgan fingerprint density at radius 3 is 1.60 bits per heavy atom. The van der Waals surface area contributed by atoms with Gasteiger partial charge in [0.2, 0.25) is 5.43 Å². The van der Waals surface area contributed by atoms with E-state index in [9.17, 15) is 15.0 Å². The van der Waals surface area contributed by atoms with Crippen LogP contribution in [0.1, 0.15) is 34.5 Å². The zero-order valence-corrected chi connectivity index (χ0v) is 27.7. The van der Waals surface area contributed by atoms with Crippen molar-refractivity contribution in [3.05, 3.63) is 74.9 Å². The molecule has 4 aromatic carbocycles. The number of hydrogen-bond donors (Lipinski definition) is 2. The van der Waals surface area contributed by atoms with Crippen molar-refractivity contribution in [1.29, 1.82) is 0 Å². The molecule has 2 heterocycles. The van der Waals surface area contributed by atoms with Gasteiger partial charge in [0, 0.05) is 53.8 Å². The monoisotopic (exact) mass is 662 g/mol. The lowest BCUT2D eigenvalue weighted by Gasteiger charge is -2.33. The highest BCUT2D eigenvalue weighted by atomic mass is 16.5. The molecule has 0 aliphatic carbocycles. The number of hydrogen-bond acceptors (Lipinski definition) is 12. The summed E-state index contributed by atoms with van der Waals surface area (Å²) in [6.07, 6.45) is -3.62. The lowest BCUT2D eigenvalue weighted by molar-refractivity contribution is 0.0193. The van der Waals surface area contributed by atoms with Crippen molar-refractivity contribution < 1.29 is 52.8 Å². The summed E-state index contributed by atoms with van der Waals surface area (Å²) in [4.78, 5) is 14.2. The van der Waals surface area contributed by atoms with Gasteiger partial charge in [-0.05, 0) is 29.1 Å². The number of aliphatic hydroxyl groups is 2. The molecule has 0 fully saturated rings. The molecule has 0 unspecified atom stereocenters. The van der Waals surface area contributed by atoms with Crippen molar-refractivity contribution in [2.75, 3.05) is 49.8 Å². The van der Waals surface area contributed by atoms with Crippen LogP contribution in [0.25, 0.3) is 10.8 Å². The highest BCUT2D eigenvalue weighted by Gasteiger charge is 2.37. The van der Waals surface area contributed by atoms with E-state index in [1.807, 2.05) is 0 Å². The van der Waals surface area contributed by atoms with Crippen LogP contribution < -0.4 is 48.1 Å². The number of benzene rings is 3. The fraction of sp³-hybridized carbons (Fsp3) is 0.361. The summed E-state index contributed by atoms with van der Waals surface area (Å²) in [7, 11) is 10.4. The Kier molecular flexibility index (Phi) is 9.04. The Balaban J connectivity index is 1.60. The minimum Gasteiger partial charge on any atom is -0.496 e. The van der Waals surface area contributed by atoms with Crippen molar-refractivity contribution in [3.8, 4) is 51.7 Å². The van der Waals surface area contributed by atoms with Gasteiger partial charge in [0.1, 0.15) is 40.6 Å². The van der Waals surface area contributed by atoms with Crippen molar-refractivity contribution >= 4 is 10.8 Å². The standard InChI is InChI=1S/C36H38O12/c1-40-18-10-26(42-3)22-14-24(37)34(47-28(22)12-18)17-8-20-21(16-31(45-6)36(46-7)32(20)33(39)30(9-17)44-5)35-25(38)15-23-27(43-4)11-19(41-2)13-29(23)48-35/h8-13,16,24-25,34-35,37-38H,14-15H2,1-7H3/t24-,25-,34-,35-/m1/s1. The molecule has 12 nitrogen and oxygen atoms in total. The van der Waals surface area contributed by atoms with Gasteiger partial charge >= 0.3 is 0 Å². The van der Waals surface area contributed by atoms with Crippen LogP contribution in [-0.2, 0) is 12.8 Å². The van der Waals surface area contributed by atoms with Gasteiger partial charge in [-0.1, -0.05) is 0 Å². The Labute approximate surface area is 277 Å². The highest BCUT2D eigenvalue weighted by Crippen LogP contribution is 2.48. The summed E-state index contributed by atoms with van der Waals surface area (Å²) in [5.41, 5.74) is 1.72. The van der Waals surface area contributed by atoms with E-state index in [4.69, 9.17) is 42.6 Å². The maximum Gasteiger partial charge on any atom is 0.232 e. The molecule has 254 valence electrons. The third kappa shape index (κ3) is 5.50. The van der Waals surface area contributed by atoms with Crippen LogP contribution in [0.3, 0.4) is 0 Å². The SMILES string of the molecule is COc1cc(OC)c2c(c1)O[C@H](c1cc(OC)c(=O)c3c(OC)c(OC)cc([C@H]4Oc5cc(OC)cc(OC)c5C[C@H]4O)c3c1)[C@H](O)C2. The zero-order valence-electron chi connectivity index (χ0n) is 27.7. The molecule has 0 saturated carbocycles. The minimum atomic E-state index is -1.06. The van der Waals surface area contributed by atoms with E-state index in [0.717, 1.165) is 0 Å². The molecule has 2 aliphatic rings. The normalized spacial score (nSPS) is 19.6. The number of aliphatic hydroxyl groups excluding tert-OH is 2. The Bertz CT molecular complexity index is 1920. The van der Waals surface area contributed by atoms with E-state index < -0.39 is 29.8 Å². The van der Waals surface area contributed by atoms with Gasteiger partial charge < -0.3 is 52.8 Å². The fourth-order valence-electron chi connectivity index (χ4n) is 6.54. The lowest BCUT2D eigenvalue weighted by Crippen LogP contribution is -2.31. The zero-order chi connectivity index (χ0) is 34.3. The second kappa shape index (κ2) is 13.2. The molecule has 0 saturated heterocycles. The van der Waals surface area contributed by atoms with E-state index in [1.165, 1.54) is 55.8 Å². The maximum absolute atomic E-state index is 14.2. The van der Waals surface area contributed by atoms with Crippen molar-refractivity contribution in [1.82, 2.24) is 0 Å². The van der Waals surface area contributed by atoms with Gasteiger partial charge in [0.15, 0.2) is 23.4 Å². The first-order chi connectivity index (χ1) is 23.2. The molecular weight excluding hydrogens is 624 g/mol. The van der Waals surface area contributed by atoms with Crippen molar-refractivity contribution in [2.45, 2.75) is 37.3 Å². The van der Waals surface area contributed by atoms with Gasteiger partial charge in [0.05, 0.1) is 67.4 Å². The van der Waals surface area contributed by atoms with Crippen LogP contribution in [0.15, 0.2) is 47.3 Å². The van der Waals surface area contributed by atoms with Gasteiger partial charge in [-0.3, -0.25) is 4.79 Å². The Morgan fingerprint density at radius 1 is 0.583 bits per heavy atom. The van der Waals surface area contributed by atoms with E-state index in [2.05, 4.69) is 0 Å². The van der Waals surface area contributed by atoms with Crippen LogP contribution in [-0.4, -0.2) is 72.2 Å². The average Bonchev–Trinajstić information content (AvgIpc) is 3.25. The van der Waals surface area contributed by atoms with Gasteiger partial charge in [0.25, 0.3) is 0 Å². The van der Waals surface area contributed by atoms with Crippen LogP contribution in [0.5, 0.6) is 51.7 Å². The molecule has 0 amide bonds. The van der Waals surface area contributed by atoms with Crippen LogP contribution >= 0.6 is 0 Å². The molecule has 0 spiro atoms. The average molecular weight is 663 g/mol. The summed E-state index contributed by atoms with van der Waals surface area (Å²) in [6.45, 7) is 0. The first kappa shape index (κ1) is 32.9. The van der Waals surface area contributed by atoms with Crippen LogP contribution in [0, 0.1) is 0 Å². The number of ether oxygens (including phenoxy) is 9. The second-order valence-corrected chi connectivity index (χ2v) is 11.4. The quantitative estimate of drug-likeness (QED) is 0.264.